The van der Waals surface area contributed by atoms with Crippen LogP contribution in [-0.2, 0) is 0 Å². The first-order valence-corrected chi connectivity index (χ1v) is 4.34. The van der Waals surface area contributed by atoms with Gasteiger partial charge < -0.3 is 11.1 Å². The number of nitrogens with two attached hydrogens (primary N) is 1. The van der Waals surface area contributed by atoms with Crippen LogP contribution >= 0.6 is 15.9 Å². The third kappa shape index (κ3) is 4.46. The standard InChI is InChI=1S/C6H11BrN6/c1-3(8)5(7)4(2)11-6(9)12-13-10/h5,8H,1-2H3,(H3,9,10,12). The van der Waals surface area contributed by atoms with Crippen LogP contribution in [0.2, 0.25) is 0 Å². The number of rotatable bonds is 3. The lowest BCUT2D eigenvalue weighted by Gasteiger charge is -2.05. The quantitative estimate of drug-likeness (QED) is 0.227. The number of aliphatic imine (C=N–C) groups is 1. The second kappa shape index (κ2) is 5.52. The summed E-state index contributed by atoms with van der Waals surface area (Å²) in [4.78, 5) is 3.59. The molecule has 1 atom stereocenters. The van der Waals surface area contributed by atoms with Crippen LogP contribution in [0.5, 0.6) is 0 Å². The monoisotopic (exact) mass is 246 g/mol. The highest BCUT2D eigenvalue weighted by Crippen LogP contribution is 2.04. The van der Waals surface area contributed by atoms with Crippen LogP contribution < -0.4 is 5.73 Å². The van der Waals surface area contributed by atoms with Crippen molar-refractivity contribution in [3.63, 3.8) is 0 Å². The maximum atomic E-state index is 7.31. The Morgan fingerprint density at radius 1 is 1.46 bits per heavy atom. The number of hydrogen-bond acceptors (Lipinski definition) is 3. The van der Waals surface area contributed by atoms with E-state index in [0.29, 0.717) is 11.4 Å². The molecule has 0 fully saturated rings. The lowest BCUT2D eigenvalue weighted by atomic mass is 10.2. The Hall–Kier alpha value is -1.11. The lowest BCUT2D eigenvalue weighted by molar-refractivity contribution is 0.981. The average molecular weight is 247 g/mol. The molecule has 0 aliphatic heterocycles. The van der Waals surface area contributed by atoms with Crippen LogP contribution in [0, 0.1) is 10.9 Å². The van der Waals surface area contributed by atoms with Crippen LogP contribution in [0.15, 0.2) is 15.3 Å². The minimum absolute atomic E-state index is 0.0850. The Bertz CT molecular complexity index is 268. The van der Waals surface area contributed by atoms with Crippen LogP contribution in [0.4, 0.5) is 0 Å². The number of nitrogens with one attached hydrogen (secondary N) is 2. The Kier molecular flexibility index (Phi) is 5.05. The molecule has 0 amide bonds. The highest BCUT2D eigenvalue weighted by Gasteiger charge is 2.09. The molecule has 0 aliphatic rings. The van der Waals surface area contributed by atoms with Gasteiger partial charge in [0.25, 0.3) is 0 Å². The maximum Gasteiger partial charge on any atom is 0.241 e. The van der Waals surface area contributed by atoms with Crippen LogP contribution in [0.3, 0.4) is 0 Å². The van der Waals surface area contributed by atoms with Gasteiger partial charge >= 0.3 is 0 Å². The van der Waals surface area contributed by atoms with E-state index < -0.39 is 0 Å². The Morgan fingerprint density at radius 3 is 2.38 bits per heavy atom. The Morgan fingerprint density at radius 2 is 2.00 bits per heavy atom. The van der Waals surface area contributed by atoms with Gasteiger partial charge in [0.2, 0.25) is 5.96 Å². The summed E-state index contributed by atoms with van der Waals surface area (Å²) in [5.41, 5.74) is 12.7. The van der Waals surface area contributed by atoms with Crippen LogP contribution in [0.1, 0.15) is 13.8 Å². The van der Waals surface area contributed by atoms with Crippen molar-refractivity contribution in [2.75, 3.05) is 0 Å². The zero-order valence-corrected chi connectivity index (χ0v) is 8.96. The third-order valence-corrected chi connectivity index (χ3v) is 2.54. The summed E-state index contributed by atoms with van der Waals surface area (Å²) in [7, 11) is 0. The van der Waals surface area contributed by atoms with Crippen molar-refractivity contribution in [2.45, 2.75) is 18.7 Å². The smallest absolute Gasteiger partial charge is 0.241 e. The molecule has 0 aromatic carbocycles. The van der Waals surface area contributed by atoms with Crippen molar-refractivity contribution in [1.29, 1.82) is 10.9 Å². The molecule has 0 saturated heterocycles. The first kappa shape index (κ1) is 11.9. The zero-order chi connectivity index (χ0) is 10.4. The van der Waals surface area contributed by atoms with Gasteiger partial charge in [-0.3, -0.25) is 0 Å². The molecule has 0 aliphatic carbocycles. The largest absolute Gasteiger partial charge is 0.366 e. The second-order valence-electron chi connectivity index (χ2n) is 2.36. The summed E-state index contributed by atoms with van der Waals surface area (Å²) in [6.07, 6.45) is 0. The van der Waals surface area contributed by atoms with E-state index in [1.165, 1.54) is 0 Å². The number of alkyl halides is 1. The van der Waals surface area contributed by atoms with Gasteiger partial charge in [0.15, 0.2) is 0 Å². The molecule has 1 unspecified atom stereocenters. The Balaban J connectivity index is 4.57. The first-order valence-electron chi connectivity index (χ1n) is 3.43. The third-order valence-electron chi connectivity index (χ3n) is 1.19. The minimum atomic E-state index is -0.244. The SMILES string of the molecule is CC(=N)C(Br)C(C)=NC(N)=NN=N. The highest BCUT2D eigenvalue weighted by molar-refractivity contribution is 9.10. The van der Waals surface area contributed by atoms with Crippen molar-refractivity contribution in [1.82, 2.24) is 0 Å². The van der Waals surface area contributed by atoms with Gasteiger partial charge in [0, 0.05) is 11.4 Å². The molecular weight excluding hydrogens is 236 g/mol. The van der Waals surface area contributed by atoms with Crippen molar-refractivity contribution in [2.24, 2.45) is 21.1 Å². The van der Waals surface area contributed by atoms with Gasteiger partial charge in [0.05, 0.1) is 4.83 Å². The molecule has 72 valence electrons. The number of nitrogens with zero attached hydrogens (tertiary/aromatic N) is 3. The molecule has 0 spiro atoms. The van der Waals surface area contributed by atoms with Gasteiger partial charge in [-0.1, -0.05) is 21.0 Å². The summed E-state index contributed by atoms with van der Waals surface area (Å²) in [5.74, 6) is -0.0850. The van der Waals surface area contributed by atoms with E-state index in [2.05, 4.69) is 31.2 Å². The predicted octanol–water partition coefficient (Wildman–Crippen LogP) is 1.51. The maximum absolute atomic E-state index is 7.31. The van der Waals surface area contributed by atoms with E-state index in [4.69, 9.17) is 16.7 Å². The molecule has 4 N–H and O–H groups in total. The van der Waals surface area contributed by atoms with Crippen molar-refractivity contribution in [3.8, 4) is 0 Å². The normalized spacial score (nSPS) is 15.3. The van der Waals surface area contributed by atoms with Crippen molar-refractivity contribution < 1.29 is 0 Å². The number of halogens is 1. The van der Waals surface area contributed by atoms with Crippen molar-refractivity contribution in [3.05, 3.63) is 0 Å². The summed E-state index contributed by atoms with van der Waals surface area (Å²) in [6.45, 7) is 3.37. The summed E-state index contributed by atoms with van der Waals surface area (Å²) < 4.78 is 0. The molecule has 13 heavy (non-hydrogen) atoms. The van der Waals surface area contributed by atoms with Crippen LogP contribution in [-0.4, -0.2) is 22.2 Å². The molecule has 6 nitrogen and oxygen atoms in total. The summed E-state index contributed by atoms with van der Waals surface area (Å²) >= 11 is 3.24. The average Bonchev–Trinajstić information content (AvgIpc) is 2.03. The highest BCUT2D eigenvalue weighted by atomic mass is 79.9. The fraction of sp³-hybridized carbons (Fsp3) is 0.500. The van der Waals surface area contributed by atoms with E-state index in [1.807, 2.05) is 0 Å². The molecule has 0 rings (SSSR count). The van der Waals surface area contributed by atoms with Gasteiger partial charge in [-0.2, -0.15) is 5.53 Å². The second-order valence-corrected chi connectivity index (χ2v) is 3.27. The van der Waals surface area contributed by atoms with Gasteiger partial charge in [-0.25, -0.2) is 4.99 Å². The number of hydrogen-bond donors (Lipinski definition) is 3. The summed E-state index contributed by atoms with van der Waals surface area (Å²) in [5, 5.41) is 13.3. The van der Waals surface area contributed by atoms with Crippen LogP contribution in [0.25, 0.3) is 0 Å². The molecule has 0 heterocycles. The van der Waals surface area contributed by atoms with Gasteiger partial charge in [-0.05, 0) is 19.1 Å². The molecule has 0 radical (unpaired) electrons. The molecule has 0 aromatic rings. The van der Waals surface area contributed by atoms with Crippen molar-refractivity contribution >= 4 is 33.3 Å². The molecular formula is C6H11BrN6. The van der Waals surface area contributed by atoms with E-state index in [9.17, 15) is 0 Å². The van der Waals surface area contributed by atoms with Gasteiger partial charge in [-0.15, -0.1) is 0 Å². The fourth-order valence-corrected chi connectivity index (χ4v) is 0.727. The topological polar surface area (TPSA) is 111 Å². The predicted molar refractivity (Wildman–Crippen MR) is 56.0 cm³/mol. The number of guanidine groups is 1. The molecule has 7 heteroatoms. The molecule has 0 bridgehead atoms. The molecule has 0 aromatic heterocycles. The Labute approximate surface area is 84.5 Å². The summed E-state index contributed by atoms with van der Waals surface area (Å²) in [6, 6.07) is 0. The van der Waals surface area contributed by atoms with E-state index in [-0.39, 0.29) is 10.8 Å². The van der Waals surface area contributed by atoms with Gasteiger partial charge in [0.1, 0.15) is 0 Å². The van der Waals surface area contributed by atoms with E-state index in [1.54, 1.807) is 13.8 Å². The van der Waals surface area contributed by atoms with E-state index in [0.717, 1.165) is 0 Å². The fourth-order valence-electron chi connectivity index (χ4n) is 0.624. The molecule has 0 saturated carbocycles. The van der Waals surface area contributed by atoms with E-state index >= 15 is 0 Å². The minimum Gasteiger partial charge on any atom is -0.366 e. The lowest BCUT2D eigenvalue weighted by Crippen LogP contribution is -2.21. The first-order chi connectivity index (χ1) is 5.99. The zero-order valence-electron chi connectivity index (χ0n) is 7.37.